The number of hydrogen-bond acceptors (Lipinski definition) is 1. The maximum absolute atomic E-state index is 6.04. The Morgan fingerprint density at radius 2 is 2.05 bits per heavy atom. The molecule has 1 nitrogen and oxygen atoms in total. The van der Waals surface area contributed by atoms with Gasteiger partial charge in [0.15, 0.2) is 0 Å². The van der Waals surface area contributed by atoms with Crippen molar-refractivity contribution in [2.75, 3.05) is 6.61 Å². The number of rotatable bonds is 5. The lowest BCUT2D eigenvalue weighted by molar-refractivity contribution is 0.306. The Bertz CT molecular complexity index is 486. The zero-order chi connectivity index (χ0) is 13.8. The molecule has 0 aromatic heterocycles. The maximum atomic E-state index is 6.04. The fourth-order valence-electron chi connectivity index (χ4n) is 3.36. The lowest BCUT2D eigenvalue weighted by atomic mass is 9.96. The van der Waals surface area contributed by atoms with Gasteiger partial charge in [0.1, 0.15) is 5.75 Å². The number of hydrogen-bond donors (Lipinski definition) is 0. The van der Waals surface area contributed by atoms with Gasteiger partial charge in [-0.15, -0.1) is 0 Å². The molecule has 0 amide bonds. The molecule has 1 radical (unpaired) electrons. The number of benzene rings is 1. The Morgan fingerprint density at radius 1 is 1.20 bits per heavy atom. The molecule has 1 aliphatic heterocycles. The number of fused-ring (bicyclic) bond motifs is 1. The molecule has 3 rings (SSSR count). The summed E-state index contributed by atoms with van der Waals surface area (Å²) < 4.78 is 6.04. The second-order valence-corrected chi connectivity index (χ2v) is 8.70. The van der Waals surface area contributed by atoms with E-state index in [0.717, 1.165) is 25.2 Å². The Labute approximate surface area is 124 Å². The second kappa shape index (κ2) is 6.62. The van der Waals surface area contributed by atoms with E-state index in [1.54, 1.807) is 5.19 Å². The number of unbranched alkanes of at least 4 members (excludes halogenated alkanes) is 1. The molecule has 20 heavy (non-hydrogen) atoms. The van der Waals surface area contributed by atoms with Gasteiger partial charge in [0.05, 0.1) is 15.4 Å². The fourth-order valence-corrected chi connectivity index (χ4v) is 6.44. The zero-order valence-corrected chi connectivity index (χ0v) is 13.6. The number of ether oxygens (including phenoxy) is 1. The first kappa shape index (κ1) is 13.9. The molecule has 1 aliphatic carbocycles. The van der Waals surface area contributed by atoms with E-state index in [1.165, 1.54) is 48.9 Å². The third-order valence-corrected chi connectivity index (χ3v) is 7.62. The first-order valence-electron chi connectivity index (χ1n) is 8.20. The molecule has 1 fully saturated rings. The van der Waals surface area contributed by atoms with E-state index in [9.17, 15) is 0 Å². The highest BCUT2D eigenvalue weighted by atomic mass is 28.3. The smallest absolute Gasteiger partial charge is 0.123 e. The molecule has 0 saturated carbocycles. The molecule has 2 heteroatoms. The SMILES string of the molecule is CCCCOc1ccc([Si]2CCCC2)c2c1CCC=C2. The summed E-state index contributed by atoms with van der Waals surface area (Å²) in [6.07, 6.45) is 12.3. The van der Waals surface area contributed by atoms with Crippen LogP contribution in [0.25, 0.3) is 6.08 Å². The summed E-state index contributed by atoms with van der Waals surface area (Å²) in [5.41, 5.74) is 3.02. The fraction of sp³-hybridized carbons (Fsp3) is 0.556. The van der Waals surface area contributed by atoms with Crippen molar-refractivity contribution in [1.82, 2.24) is 0 Å². The second-order valence-electron chi connectivity index (χ2n) is 5.96. The van der Waals surface area contributed by atoms with Gasteiger partial charge < -0.3 is 4.74 Å². The largest absolute Gasteiger partial charge is 0.493 e. The van der Waals surface area contributed by atoms with Crippen LogP contribution < -0.4 is 9.92 Å². The summed E-state index contributed by atoms with van der Waals surface area (Å²) in [6, 6.07) is 7.59. The first-order valence-corrected chi connectivity index (χ1v) is 10.1. The summed E-state index contributed by atoms with van der Waals surface area (Å²) >= 11 is 0. The van der Waals surface area contributed by atoms with Crippen molar-refractivity contribution in [2.24, 2.45) is 0 Å². The van der Waals surface area contributed by atoms with Gasteiger partial charge in [-0.3, -0.25) is 0 Å². The minimum atomic E-state index is -0.278. The van der Waals surface area contributed by atoms with Crippen LogP contribution >= 0.6 is 0 Å². The van der Waals surface area contributed by atoms with Crippen LogP contribution in [0.3, 0.4) is 0 Å². The molecule has 1 saturated heterocycles. The molecule has 1 aromatic carbocycles. The Balaban J connectivity index is 1.89. The molecule has 0 atom stereocenters. The van der Waals surface area contributed by atoms with Crippen LogP contribution in [0, 0.1) is 0 Å². The normalized spacial score (nSPS) is 18.2. The van der Waals surface area contributed by atoms with Gasteiger partial charge in [-0.1, -0.05) is 61.7 Å². The van der Waals surface area contributed by atoms with Crippen molar-refractivity contribution in [1.29, 1.82) is 0 Å². The Morgan fingerprint density at radius 3 is 2.85 bits per heavy atom. The van der Waals surface area contributed by atoms with E-state index in [1.807, 2.05) is 0 Å². The highest BCUT2D eigenvalue weighted by molar-refractivity contribution is 6.74. The van der Waals surface area contributed by atoms with Crippen LogP contribution in [-0.4, -0.2) is 15.4 Å². The summed E-state index contributed by atoms with van der Waals surface area (Å²) in [6.45, 7) is 3.08. The van der Waals surface area contributed by atoms with Crippen LogP contribution in [-0.2, 0) is 6.42 Å². The predicted octanol–water partition coefficient (Wildman–Crippen LogP) is 4.32. The van der Waals surface area contributed by atoms with E-state index in [-0.39, 0.29) is 8.80 Å². The quantitative estimate of drug-likeness (QED) is 0.578. The molecule has 1 aromatic rings. The van der Waals surface area contributed by atoms with Crippen molar-refractivity contribution in [3.63, 3.8) is 0 Å². The highest BCUT2D eigenvalue weighted by Gasteiger charge is 2.24. The van der Waals surface area contributed by atoms with E-state index in [0.29, 0.717) is 0 Å². The minimum absolute atomic E-state index is 0.278. The summed E-state index contributed by atoms with van der Waals surface area (Å²) in [7, 11) is -0.278. The van der Waals surface area contributed by atoms with E-state index in [2.05, 4.69) is 31.2 Å². The first-order chi connectivity index (χ1) is 9.90. The third kappa shape index (κ3) is 2.85. The summed E-state index contributed by atoms with van der Waals surface area (Å²) in [5, 5.41) is 1.68. The molecule has 0 spiro atoms. The van der Waals surface area contributed by atoms with Crippen molar-refractivity contribution in [3.8, 4) is 5.75 Å². The lowest BCUT2D eigenvalue weighted by Crippen LogP contribution is -2.30. The maximum Gasteiger partial charge on any atom is 0.123 e. The van der Waals surface area contributed by atoms with Crippen LogP contribution in [0.2, 0.25) is 12.1 Å². The number of allylic oxidation sites excluding steroid dienone is 1. The van der Waals surface area contributed by atoms with Crippen LogP contribution in [0.5, 0.6) is 5.75 Å². The Kier molecular flexibility index (Phi) is 4.61. The monoisotopic (exact) mass is 285 g/mol. The van der Waals surface area contributed by atoms with Crippen molar-refractivity contribution in [3.05, 3.63) is 29.3 Å². The van der Waals surface area contributed by atoms with E-state index in [4.69, 9.17) is 4.74 Å². The van der Waals surface area contributed by atoms with E-state index >= 15 is 0 Å². The average Bonchev–Trinajstić information content (AvgIpc) is 3.01. The van der Waals surface area contributed by atoms with Crippen LogP contribution in [0.15, 0.2) is 18.2 Å². The van der Waals surface area contributed by atoms with Gasteiger partial charge in [-0.2, -0.15) is 0 Å². The van der Waals surface area contributed by atoms with Crippen molar-refractivity contribution < 1.29 is 4.74 Å². The molecule has 1 heterocycles. The highest BCUT2D eigenvalue weighted by Crippen LogP contribution is 2.30. The van der Waals surface area contributed by atoms with Crippen molar-refractivity contribution >= 4 is 20.1 Å². The summed E-state index contributed by atoms with van der Waals surface area (Å²) in [4.78, 5) is 0. The predicted molar refractivity (Wildman–Crippen MR) is 88.4 cm³/mol. The molecular formula is C18H25OSi. The molecule has 0 N–H and O–H groups in total. The van der Waals surface area contributed by atoms with Gasteiger partial charge in [-0.05, 0) is 30.9 Å². The minimum Gasteiger partial charge on any atom is -0.493 e. The van der Waals surface area contributed by atoms with Gasteiger partial charge in [-0.25, -0.2) is 0 Å². The molecule has 2 aliphatic rings. The van der Waals surface area contributed by atoms with Gasteiger partial charge in [0, 0.05) is 5.56 Å². The van der Waals surface area contributed by atoms with Crippen LogP contribution in [0.1, 0.15) is 50.2 Å². The standard InChI is InChI=1S/C18H25OSi/c1-2-3-12-19-17-10-11-18(20-13-6-7-14-20)16-9-5-4-8-15(16)17/h5,9-11H,2-4,6-8,12-14H2,1H3. The van der Waals surface area contributed by atoms with Gasteiger partial charge >= 0.3 is 0 Å². The molecule has 107 valence electrons. The molecular weight excluding hydrogens is 260 g/mol. The summed E-state index contributed by atoms with van der Waals surface area (Å²) in [5.74, 6) is 1.15. The van der Waals surface area contributed by atoms with Gasteiger partial charge in [0.2, 0.25) is 0 Å². The van der Waals surface area contributed by atoms with Crippen molar-refractivity contribution in [2.45, 2.75) is 57.5 Å². The lowest BCUT2D eigenvalue weighted by Gasteiger charge is -2.21. The Hall–Kier alpha value is -1.02. The topological polar surface area (TPSA) is 9.23 Å². The van der Waals surface area contributed by atoms with Gasteiger partial charge in [0.25, 0.3) is 0 Å². The van der Waals surface area contributed by atoms with E-state index < -0.39 is 0 Å². The average molecular weight is 285 g/mol. The zero-order valence-electron chi connectivity index (χ0n) is 12.6. The van der Waals surface area contributed by atoms with Crippen LogP contribution in [0.4, 0.5) is 0 Å². The molecule has 0 bridgehead atoms. The molecule has 0 unspecified atom stereocenters. The third-order valence-electron chi connectivity index (χ3n) is 4.50.